The standard InChI is InChI=1S/C13H19FO4S/c1-3-7-19(16,17)8-6-18-13-5-4-11(10(2)15)9-12(13)14/h4-5,9-10,15H,3,6-8H2,1-2H3/t10-/m1/s1. The van der Waals surface area contributed by atoms with Crippen molar-refractivity contribution in [1.82, 2.24) is 0 Å². The van der Waals surface area contributed by atoms with Crippen molar-refractivity contribution in [2.45, 2.75) is 26.4 Å². The van der Waals surface area contributed by atoms with Crippen molar-refractivity contribution in [1.29, 1.82) is 0 Å². The molecule has 0 radical (unpaired) electrons. The lowest BCUT2D eigenvalue weighted by molar-refractivity contribution is 0.198. The Morgan fingerprint density at radius 2 is 2.05 bits per heavy atom. The Bertz CT molecular complexity index is 511. The summed E-state index contributed by atoms with van der Waals surface area (Å²) in [7, 11) is -3.12. The Morgan fingerprint density at radius 3 is 2.58 bits per heavy atom. The third-order valence-electron chi connectivity index (χ3n) is 2.61. The van der Waals surface area contributed by atoms with Crippen molar-refractivity contribution in [2.75, 3.05) is 18.1 Å². The van der Waals surface area contributed by atoms with Gasteiger partial charge in [-0.05, 0) is 31.0 Å². The van der Waals surface area contributed by atoms with E-state index in [9.17, 15) is 17.9 Å². The van der Waals surface area contributed by atoms with E-state index in [1.165, 1.54) is 19.1 Å². The molecule has 0 heterocycles. The maximum Gasteiger partial charge on any atom is 0.165 e. The van der Waals surface area contributed by atoms with Gasteiger partial charge in [0.15, 0.2) is 21.4 Å². The molecule has 0 aromatic heterocycles. The third kappa shape index (κ3) is 5.16. The van der Waals surface area contributed by atoms with Gasteiger partial charge in [0, 0.05) is 0 Å². The molecule has 1 rings (SSSR count). The van der Waals surface area contributed by atoms with Crippen molar-refractivity contribution < 1.29 is 22.7 Å². The molecule has 0 spiro atoms. The summed E-state index contributed by atoms with van der Waals surface area (Å²) in [5.74, 6) is -0.625. The van der Waals surface area contributed by atoms with Crippen LogP contribution in [0.5, 0.6) is 5.75 Å². The molecular weight excluding hydrogens is 271 g/mol. The average molecular weight is 290 g/mol. The van der Waals surface area contributed by atoms with E-state index in [-0.39, 0.29) is 23.9 Å². The predicted molar refractivity (Wildman–Crippen MR) is 71.5 cm³/mol. The third-order valence-corrected chi connectivity index (χ3v) is 4.42. The smallest absolute Gasteiger partial charge is 0.165 e. The Balaban J connectivity index is 2.59. The van der Waals surface area contributed by atoms with Gasteiger partial charge in [0.1, 0.15) is 6.61 Å². The van der Waals surface area contributed by atoms with Crippen molar-refractivity contribution in [2.24, 2.45) is 0 Å². The Hall–Kier alpha value is -1.14. The minimum Gasteiger partial charge on any atom is -0.489 e. The summed E-state index contributed by atoms with van der Waals surface area (Å²) in [5.41, 5.74) is 0.448. The number of hydrogen-bond donors (Lipinski definition) is 1. The van der Waals surface area contributed by atoms with E-state index < -0.39 is 21.8 Å². The second kappa shape index (κ2) is 6.86. The van der Waals surface area contributed by atoms with Gasteiger partial charge < -0.3 is 9.84 Å². The van der Waals surface area contributed by atoms with Gasteiger partial charge in [-0.1, -0.05) is 13.0 Å². The zero-order valence-corrected chi connectivity index (χ0v) is 11.9. The monoisotopic (exact) mass is 290 g/mol. The zero-order valence-electron chi connectivity index (χ0n) is 11.1. The summed E-state index contributed by atoms with van der Waals surface area (Å²) in [6, 6.07) is 4.12. The fourth-order valence-corrected chi connectivity index (χ4v) is 2.75. The maximum absolute atomic E-state index is 13.6. The number of sulfone groups is 1. The number of aliphatic hydroxyl groups is 1. The highest BCUT2D eigenvalue weighted by Crippen LogP contribution is 2.21. The molecular formula is C13H19FO4S. The van der Waals surface area contributed by atoms with Crippen LogP contribution < -0.4 is 4.74 Å². The van der Waals surface area contributed by atoms with E-state index in [4.69, 9.17) is 4.74 Å². The van der Waals surface area contributed by atoms with Crippen molar-refractivity contribution in [3.05, 3.63) is 29.6 Å². The van der Waals surface area contributed by atoms with Gasteiger partial charge in [-0.15, -0.1) is 0 Å². The van der Waals surface area contributed by atoms with Crippen LogP contribution in [-0.4, -0.2) is 31.6 Å². The lowest BCUT2D eigenvalue weighted by atomic mass is 10.1. The van der Waals surface area contributed by atoms with Gasteiger partial charge in [0.25, 0.3) is 0 Å². The van der Waals surface area contributed by atoms with E-state index in [1.54, 1.807) is 13.0 Å². The minimum atomic E-state index is -3.12. The second-order valence-corrected chi connectivity index (χ2v) is 6.67. The van der Waals surface area contributed by atoms with Crippen molar-refractivity contribution >= 4 is 9.84 Å². The molecule has 0 bridgehead atoms. The number of ether oxygens (including phenoxy) is 1. The first-order valence-electron chi connectivity index (χ1n) is 6.16. The van der Waals surface area contributed by atoms with E-state index in [1.807, 2.05) is 0 Å². The normalized spacial score (nSPS) is 13.3. The van der Waals surface area contributed by atoms with Gasteiger partial charge in [0.05, 0.1) is 17.6 Å². The highest BCUT2D eigenvalue weighted by Gasteiger charge is 2.11. The molecule has 0 unspecified atom stereocenters. The molecule has 1 aromatic rings. The Morgan fingerprint density at radius 1 is 1.37 bits per heavy atom. The molecule has 6 heteroatoms. The van der Waals surface area contributed by atoms with Gasteiger partial charge in [-0.3, -0.25) is 0 Å². The first kappa shape index (κ1) is 15.9. The number of halogens is 1. The highest BCUT2D eigenvalue weighted by atomic mass is 32.2. The minimum absolute atomic E-state index is 0.00361. The first-order valence-corrected chi connectivity index (χ1v) is 7.98. The Kier molecular flexibility index (Phi) is 5.75. The first-order chi connectivity index (χ1) is 8.85. The van der Waals surface area contributed by atoms with Crippen LogP contribution in [0, 0.1) is 5.82 Å². The number of aliphatic hydroxyl groups excluding tert-OH is 1. The van der Waals surface area contributed by atoms with Crippen LogP contribution in [0.3, 0.4) is 0 Å². The molecule has 1 N–H and O–H groups in total. The van der Waals surface area contributed by atoms with Gasteiger partial charge in [-0.2, -0.15) is 0 Å². The summed E-state index contributed by atoms with van der Waals surface area (Å²) in [6.07, 6.45) is -0.201. The van der Waals surface area contributed by atoms with Gasteiger partial charge in [0.2, 0.25) is 0 Å². The maximum atomic E-state index is 13.6. The second-order valence-electron chi connectivity index (χ2n) is 4.37. The van der Waals surface area contributed by atoms with Gasteiger partial charge in [-0.25, -0.2) is 12.8 Å². The van der Waals surface area contributed by atoms with Crippen LogP contribution in [0.2, 0.25) is 0 Å². The zero-order chi connectivity index (χ0) is 14.5. The molecule has 19 heavy (non-hydrogen) atoms. The van der Waals surface area contributed by atoms with Crippen molar-refractivity contribution in [3.63, 3.8) is 0 Å². The molecule has 4 nitrogen and oxygen atoms in total. The van der Waals surface area contributed by atoms with E-state index in [0.29, 0.717) is 12.0 Å². The van der Waals surface area contributed by atoms with Crippen LogP contribution in [0.15, 0.2) is 18.2 Å². The molecule has 0 saturated heterocycles. The van der Waals surface area contributed by atoms with Crippen LogP contribution in [0.4, 0.5) is 4.39 Å². The molecule has 1 atom stereocenters. The van der Waals surface area contributed by atoms with E-state index >= 15 is 0 Å². The molecule has 1 aromatic carbocycles. The summed E-state index contributed by atoms with van der Waals surface area (Å²) in [6.45, 7) is 3.24. The molecule has 0 fully saturated rings. The number of rotatable bonds is 7. The molecule has 0 aliphatic rings. The molecule has 0 aliphatic carbocycles. The summed E-state index contributed by atoms with van der Waals surface area (Å²) in [5, 5.41) is 9.29. The lowest BCUT2D eigenvalue weighted by Gasteiger charge is -2.10. The largest absolute Gasteiger partial charge is 0.489 e. The summed E-state index contributed by atoms with van der Waals surface area (Å²) < 4.78 is 41.6. The fourth-order valence-electron chi connectivity index (χ4n) is 1.59. The van der Waals surface area contributed by atoms with Crippen LogP contribution in [0.25, 0.3) is 0 Å². The average Bonchev–Trinajstić information content (AvgIpc) is 2.30. The molecule has 0 aliphatic heterocycles. The van der Waals surface area contributed by atoms with Crippen LogP contribution in [0.1, 0.15) is 31.9 Å². The fraction of sp³-hybridized carbons (Fsp3) is 0.538. The lowest BCUT2D eigenvalue weighted by Crippen LogP contribution is -2.17. The topological polar surface area (TPSA) is 63.6 Å². The Labute approximate surface area is 113 Å². The molecule has 0 saturated carbocycles. The molecule has 0 amide bonds. The van der Waals surface area contributed by atoms with Gasteiger partial charge >= 0.3 is 0 Å². The van der Waals surface area contributed by atoms with E-state index in [2.05, 4.69) is 0 Å². The predicted octanol–water partition coefficient (Wildman–Crippen LogP) is 2.08. The van der Waals surface area contributed by atoms with E-state index in [0.717, 1.165) is 0 Å². The highest BCUT2D eigenvalue weighted by molar-refractivity contribution is 7.91. The number of hydrogen-bond acceptors (Lipinski definition) is 4. The summed E-state index contributed by atoms with van der Waals surface area (Å²) >= 11 is 0. The summed E-state index contributed by atoms with van der Waals surface area (Å²) in [4.78, 5) is 0. The molecule has 108 valence electrons. The SMILES string of the molecule is CCCS(=O)(=O)CCOc1ccc([C@@H](C)O)cc1F. The van der Waals surface area contributed by atoms with Crippen molar-refractivity contribution in [3.8, 4) is 5.75 Å². The quantitative estimate of drug-likeness (QED) is 0.835. The number of benzene rings is 1. The van der Waals surface area contributed by atoms with Crippen LogP contribution >= 0.6 is 0 Å². The van der Waals surface area contributed by atoms with Crippen LogP contribution in [-0.2, 0) is 9.84 Å².